The highest BCUT2D eigenvalue weighted by atomic mass is 16.5. The quantitative estimate of drug-likeness (QED) is 0.644. The molecule has 0 aliphatic heterocycles. The molecule has 0 aromatic carbocycles. The van der Waals surface area contributed by atoms with Crippen LogP contribution in [0.3, 0.4) is 0 Å². The SMILES string of the molecule is CCCCC(NC(=O)CC(C)COC)C(=O)O. The maximum absolute atomic E-state index is 11.6. The van der Waals surface area contributed by atoms with Crippen LogP contribution >= 0.6 is 0 Å². The molecular weight excluding hydrogens is 222 g/mol. The summed E-state index contributed by atoms with van der Waals surface area (Å²) in [6, 6.07) is -0.766. The third-order valence-corrected chi connectivity index (χ3v) is 2.46. The molecule has 0 bridgehead atoms. The Kier molecular flexibility index (Phi) is 8.40. The summed E-state index contributed by atoms with van der Waals surface area (Å²) in [4.78, 5) is 22.5. The fourth-order valence-corrected chi connectivity index (χ4v) is 1.58. The van der Waals surface area contributed by atoms with Crippen LogP contribution in [0.5, 0.6) is 0 Å². The summed E-state index contributed by atoms with van der Waals surface area (Å²) in [5, 5.41) is 11.5. The van der Waals surface area contributed by atoms with E-state index in [0.717, 1.165) is 12.8 Å². The molecule has 0 spiro atoms. The number of carboxylic acid groups (broad SMARTS) is 1. The van der Waals surface area contributed by atoms with Gasteiger partial charge in [-0.3, -0.25) is 4.79 Å². The van der Waals surface area contributed by atoms with Gasteiger partial charge >= 0.3 is 5.97 Å². The lowest BCUT2D eigenvalue weighted by atomic mass is 10.1. The van der Waals surface area contributed by atoms with Crippen LogP contribution in [0.4, 0.5) is 0 Å². The van der Waals surface area contributed by atoms with Crippen LogP contribution in [0.25, 0.3) is 0 Å². The number of ether oxygens (including phenoxy) is 1. The highest BCUT2D eigenvalue weighted by molar-refractivity contribution is 5.83. The topological polar surface area (TPSA) is 75.6 Å². The van der Waals surface area contributed by atoms with E-state index in [1.165, 1.54) is 0 Å². The molecule has 2 N–H and O–H groups in total. The van der Waals surface area contributed by atoms with Gasteiger partial charge in [0.05, 0.1) is 0 Å². The Morgan fingerprint density at radius 2 is 2.06 bits per heavy atom. The number of hydrogen-bond acceptors (Lipinski definition) is 3. The van der Waals surface area contributed by atoms with Gasteiger partial charge in [-0.25, -0.2) is 4.79 Å². The van der Waals surface area contributed by atoms with Crippen LogP contribution in [0, 0.1) is 5.92 Å². The number of carbonyl (C=O) groups is 2. The van der Waals surface area contributed by atoms with Gasteiger partial charge in [-0.15, -0.1) is 0 Å². The van der Waals surface area contributed by atoms with Crippen molar-refractivity contribution in [3.05, 3.63) is 0 Å². The molecule has 0 aliphatic carbocycles. The van der Waals surface area contributed by atoms with E-state index in [1.54, 1.807) is 7.11 Å². The smallest absolute Gasteiger partial charge is 0.326 e. The van der Waals surface area contributed by atoms with Crippen LogP contribution in [-0.4, -0.2) is 36.7 Å². The van der Waals surface area contributed by atoms with E-state index in [9.17, 15) is 9.59 Å². The lowest BCUT2D eigenvalue weighted by Crippen LogP contribution is -2.41. The van der Waals surface area contributed by atoms with Gasteiger partial charge in [0.15, 0.2) is 0 Å². The number of aliphatic carboxylic acids is 1. The van der Waals surface area contributed by atoms with Crippen molar-refractivity contribution in [1.82, 2.24) is 5.32 Å². The normalized spacial score (nSPS) is 14.1. The minimum Gasteiger partial charge on any atom is -0.480 e. The van der Waals surface area contributed by atoms with Crippen molar-refractivity contribution in [3.63, 3.8) is 0 Å². The number of carbonyl (C=O) groups excluding carboxylic acids is 1. The molecule has 0 aromatic heterocycles. The Morgan fingerprint density at radius 1 is 1.41 bits per heavy atom. The van der Waals surface area contributed by atoms with E-state index in [4.69, 9.17) is 9.84 Å². The molecule has 2 atom stereocenters. The zero-order chi connectivity index (χ0) is 13.3. The fraction of sp³-hybridized carbons (Fsp3) is 0.833. The largest absolute Gasteiger partial charge is 0.480 e. The highest BCUT2D eigenvalue weighted by Crippen LogP contribution is 2.05. The van der Waals surface area contributed by atoms with Crippen molar-refractivity contribution in [2.24, 2.45) is 5.92 Å². The second-order valence-corrected chi connectivity index (χ2v) is 4.37. The molecule has 0 fully saturated rings. The molecule has 17 heavy (non-hydrogen) atoms. The Bertz CT molecular complexity index is 243. The maximum atomic E-state index is 11.6. The Morgan fingerprint density at radius 3 is 2.53 bits per heavy atom. The number of amides is 1. The minimum absolute atomic E-state index is 0.0978. The highest BCUT2D eigenvalue weighted by Gasteiger charge is 2.20. The Hall–Kier alpha value is -1.10. The molecular formula is C12H23NO4. The van der Waals surface area contributed by atoms with E-state index < -0.39 is 12.0 Å². The number of carboxylic acids is 1. The maximum Gasteiger partial charge on any atom is 0.326 e. The summed E-state index contributed by atoms with van der Waals surface area (Å²) in [5.74, 6) is -1.09. The first-order valence-electron chi connectivity index (χ1n) is 6.02. The summed E-state index contributed by atoms with van der Waals surface area (Å²) in [6.45, 7) is 4.38. The fourth-order valence-electron chi connectivity index (χ4n) is 1.58. The van der Waals surface area contributed by atoms with Crippen LogP contribution in [0.2, 0.25) is 0 Å². The van der Waals surface area contributed by atoms with E-state index in [2.05, 4.69) is 5.32 Å². The zero-order valence-electron chi connectivity index (χ0n) is 10.9. The molecule has 0 saturated heterocycles. The molecule has 0 aromatic rings. The summed E-state index contributed by atoms with van der Waals surface area (Å²) in [6.07, 6.45) is 2.49. The molecule has 0 rings (SSSR count). The molecule has 0 heterocycles. The van der Waals surface area contributed by atoms with Gasteiger partial charge in [0, 0.05) is 20.1 Å². The molecule has 0 aliphatic rings. The van der Waals surface area contributed by atoms with Gasteiger partial charge < -0.3 is 15.2 Å². The molecule has 0 saturated carbocycles. The van der Waals surface area contributed by atoms with Crippen molar-refractivity contribution in [2.45, 2.75) is 45.6 Å². The van der Waals surface area contributed by atoms with Crippen LogP contribution < -0.4 is 5.32 Å². The van der Waals surface area contributed by atoms with Gasteiger partial charge in [0.1, 0.15) is 6.04 Å². The number of rotatable bonds is 9. The van der Waals surface area contributed by atoms with Crippen molar-refractivity contribution in [2.75, 3.05) is 13.7 Å². The van der Waals surface area contributed by atoms with Crippen molar-refractivity contribution in [1.29, 1.82) is 0 Å². The Labute approximate surface area is 103 Å². The van der Waals surface area contributed by atoms with Crippen molar-refractivity contribution in [3.8, 4) is 0 Å². The molecule has 1 amide bonds. The van der Waals surface area contributed by atoms with Crippen LogP contribution in [0.15, 0.2) is 0 Å². The third kappa shape index (κ3) is 7.74. The number of hydrogen-bond donors (Lipinski definition) is 2. The summed E-state index contributed by atoms with van der Waals surface area (Å²) in [5.41, 5.74) is 0. The van der Waals surface area contributed by atoms with Crippen molar-refractivity contribution >= 4 is 11.9 Å². The van der Waals surface area contributed by atoms with Crippen molar-refractivity contribution < 1.29 is 19.4 Å². The predicted molar refractivity (Wildman–Crippen MR) is 64.7 cm³/mol. The van der Waals surface area contributed by atoms with E-state index in [0.29, 0.717) is 19.4 Å². The molecule has 5 nitrogen and oxygen atoms in total. The van der Waals surface area contributed by atoms with Gasteiger partial charge in [-0.05, 0) is 12.3 Å². The second kappa shape index (κ2) is 8.98. The van der Waals surface area contributed by atoms with Gasteiger partial charge in [-0.1, -0.05) is 26.7 Å². The average molecular weight is 245 g/mol. The lowest BCUT2D eigenvalue weighted by Gasteiger charge is -2.16. The van der Waals surface area contributed by atoms with Gasteiger partial charge in [-0.2, -0.15) is 0 Å². The van der Waals surface area contributed by atoms with E-state index in [-0.39, 0.29) is 11.8 Å². The second-order valence-electron chi connectivity index (χ2n) is 4.37. The number of nitrogens with one attached hydrogen (secondary N) is 1. The lowest BCUT2D eigenvalue weighted by molar-refractivity contribution is -0.142. The third-order valence-electron chi connectivity index (χ3n) is 2.46. The zero-order valence-corrected chi connectivity index (χ0v) is 10.9. The molecule has 0 radical (unpaired) electrons. The molecule has 100 valence electrons. The summed E-state index contributed by atoms with van der Waals surface area (Å²) < 4.78 is 4.93. The minimum atomic E-state index is -0.966. The standard InChI is InChI=1S/C12H23NO4/c1-4-5-6-10(12(15)16)13-11(14)7-9(2)8-17-3/h9-10H,4-8H2,1-3H3,(H,13,14)(H,15,16). The summed E-state index contributed by atoms with van der Waals surface area (Å²) >= 11 is 0. The number of unbranched alkanes of at least 4 members (excludes halogenated alkanes) is 1. The monoisotopic (exact) mass is 245 g/mol. The van der Waals surface area contributed by atoms with Gasteiger partial charge in [0.25, 0.3) is 0 Å². The molecule has 5 heteroatoms. The molecule has 2 unspecified atom stereocenters. The average Bonchev–Trinajstić information content (AvgIpc) is 2.23. The van der Waals surface area contributed by atoms with Crippen LogP contribution in [-0.2, 0) is 14.3 Å². The first-order chi connectivity index (χ1) is 8.01. The Balaban J connectivity index is 4.07. The van der Waals surface area contributed by atoms with E-state index in [1.807, 2.05) is 13.8 Å². The van der Waals surface area contributed by atoms with Gasteiger partial charge in [0.2, 0.25) is 5.91 Å². The first kappa shape index (κ1) is 15.9. The summed E-state index contributed by atoms with van der Waals surface area (Å²) in [7, 11) is 1.58. The number of methoxy groups -OCH3 is 1. The first-order valence-corrected chi connectivity index (χ1v) is 6.02. The van der Waals surface area contributed by atoms with E-state index >= 15 is 0 Å². The van der Waals surface area contributed by atoms with Crippen LogP contribution in [0.1, 0.15) is 39.5 Å². The predicted octanol–water partition coefficient (Wildman–Crippen LogP) is 1.42.